The molecule has 0 fully saturated rings. The fourth-order valence-corrected chi connectivity index (χ4v) is 11.4. The predicted octanol–water partition coefficient (Wildman–Crippen LogP) is 11.6. The second kappa shape index (κ2) is 21.3. The quantitative estimate of drug-likeness (QED) is 0.0563. The van der Waals surface area contributed by atoms with Crippen molar-refractivity contribution in [2.24, 2.45) is 0 Å². The van der Waals surface area contributed by atoms with E-state index in [2.05, 4.69) is 0 Å². The van der Waals surface area contributed by atoms with Gasteiger partial charge in [0.05, 0.1) is 59.5 Å². The van der Waals surface area contributed by atoms with Gasteiger partial charge in [-0.1, -0.05) is 12.1 Å². The van der Waals surface area contributed by atoms with Crippen LogP contribution in [0.25, 0.3) is 78.0 Å². The van der Waals surface area contributed by atoms with Gasteiger partial charge in [-0.05, 0) is 78.7 Å². The van der Waals surface area contributed by atoms with E-state index in [-0.39, 0.29) is 103 Å². The largest absolute Gasteiger partial charge is 0.507 e. The summed E-state index contributed by atoms with van der Waals surface area (Å²) in [5.41, 5.74) is -0.104. The van der Waals surface area contributed by atoms with Crippen LogP contribution in [-0.2, 0) is 0 Å². The summed E-state index contributed by atoms with van der Waals surface area (Å²) in [6, 6.07) is 25.9. The summed E-state index contributed by atoms with van der Waals surface area (Å²) in [5, 5.41) is 91.0. The maximum atomic E-state index is 14.2. The van der Waals surface area contributed by atoms with Crippen molar-refractivity contribution in [2.45, 2.75) is 32.0 Å². The molecular weight excluding hydrogens is 1130 g/mol. The maximum absolute atomic E-state index is 14.2. The molecule has 2 aliphatic rings. The van der Waals surface area contributed by atoms with Crippen molar-refractivity contribution in [3.63, 3.8) is 0 Å². The summed E-state index contributed by atoms with van der Waals surface area (Å²) in [6.45, 7) is 1.60. The Morgan fingerprint density at radius 1 is 0.402 bits per heavy atom. The van der Waals surface area contributed by atoms with Gasteiger partial charge in [-0.25, -0.2) is 0 Å². The van der Waals surface area contributed by atoms with Crippen LogP contribution in [0.1, 0.15) is 62.5 Å². The number of phenols is 8. The molecule has 0 amide bonds. The molecule has 0 unspecified atom stereocenters. The van der Waals surface area contributed by atoms with Gasteiger partial charge in [0.1, 0.15) is 126 Å². The lowest BCUT2D eigenvalue weighted by atomic mass is 9.88. The minimum atomic E-state index is -1.06. The Morgan fingerprint density at radius 2 is 0.828 bits per heavy atom. The molecule has 10 aromatic rings. The molecule has 21 nitrogen and oxygen atoms in total. The molecule has 8 aromatic carbocycles. The van der Waals surface area contributed by atoms with Crippen molar-refractivity contribution in [3.05, 3.63) is 157 Å². The second-order valence-electron chi connectivity index (χ2n) is 20.5. The highest BCUT2D eigenvalue weighted by Crippen LogP contribution is 2.57. The van der Waals surface area contributed by atoms with Gasteiger partial charge in [0.25, 0.3) is 0 Å². The van der Waals surface area contributed by atoms with Crippen molar-refractivity contribution in [1.29, 1.82) is 0 Å². The topological polar surface area (TPSA) is 321 Å². The van der Waals surface area contributed by atoms with Gasteiger partial charge in [-0.3, -0.25) is 19.2 Å². The summed E-state index contributed by atoms with van der Waals surface area (Å²) in [6.07, 6.45) is -2.87. The van der Waals surface area contributed by atoms with Gasteiger partial charge < -0.3 is 82.8 Å². The van der Waals surface area contributed by atoms with Gasteiger partial charge in [0.15, 0.2) is 33.9 Å². The maximum Gasteiger partial charge on any atom is 0.204 e. The molecule has 0 spiro atoms. The van der Waals surface area contributed by atoms with E-state index in [1.54, 1.807) is 55.5 Å². The van der Waals surface area contributed by atoms with Crippen LogP contribution < -0.4 is 44.0 Å². The number of aromatic hydroxyl groups is 8. The fraction of sp³-hybridized carbons (Fsp3) is 0.152. The van der Waals surface area contributed by atoms with E-state index >= 15 is 0 Å². The average molecular weight is 1180 g/mol. The minimum absolute atomic E-state index is 0.00682. The van der Waals surface area contributed by atoms with Crippen molar-refractivity contribution in [1.82, 2.24) is 0 Å². The van der Waals surface area contributed by atoms with E-state index in [1.165, 1.54) is 84.1 Å². The van der Waals surface area contributed by atoms with E-state index in [0.717, 1.165) is 12.1 Å². The molecule has 21 heteroatoms. The first-order valence-electron chi connectivity index (χ1n) is 26.6. The van der Waals surface area contributed by atoms with Crippen molar-refractivity contribution in [2.75, 3.05) is 35.5 Å². The monoisotopic (exact) mass is 1180 g/mol. The molecule has 0 saturated heterocycles. The van der Waals surface area contributed by atoms with E-state index in [9.17, 15) is 60.0 Å². The third kappa shape index (κ3) is 9.19. The number of ketones is 2. The molecule has 2 aromatic heterocycles. The summed E-state index contributed by atoms with van der Waals surface area (Å²) >= 11 is 0. The average Bonchev–Trinajstić information content (AvgIpc) is 1.02. The number of ether oxygens (including phenoxy) is 7. The Kier molecular flexibility index (Phi) is 13.7. The lowest BCUT2D eigenvalue weighted by molar-refractivity contribution is 0.0834. The molecule has 0 saturated carbocycles. The van der Waals surface area contributed by atoms with Crippen molar-refractivity contribution >= 4 is 33.5 Å². The molecule has 2 aliphatic heterocycles. The van der Waals surface area contributed by atoms with Gasteiger partial charge in [-0.2, -0.15) is 0 Å². The van der Waals surface area contributed by atoms with Crippen LogP contribution in [0.2, 0.25) is 0 Å². The van der Waals surface area contributed by atoms with Gasteiger partial charge in [-0.15, -0.1) is 0 Å². The third-order valence-electron chi connectivity index (χ3n) is 15.7. The first-order chi connectivity index (χ1) is 41.7. The van der Waals surface area contributed by atoms with Crippen LogP contribution in [0.15, 0.2) is 128 Å². The fourth-order valence-electron chi connectivity index (χ4n) is 11.4. The second-order valence-corrected chi connectivity index (χ2v) is 20.5. The van der Waals surface area contributed by atoms with Gasteiger partial charge >= 0.3 is 0 Å². The van der Waals surface area contributed by atoms with Crippen LogP contribution in [0.3, 0.4) is 0 Å². The SMILES string of the molecule is COc1ccc([C@@H]2CC(=O)c3c(cc(O)c(-c4c(O)cc5c(c4O)C(=O)C[C@H](c4ccc(OC)c(-c6cc(-c7cc(=O)c8c(O)c(OC)c(OC)cc8o7)ccc6O)c4)O5)c3O)O2)cc1-c1cc(-c2cc(=O)c3c(O)c(C)c(OC)cc3o2)ccc1O. The Labute approximate surface area is 491 Å². The van der Waals surface area contributed by atoms with Gasteiger partial charge in [0.2, 0.25) is 5.75 Å². The number of carbonyl (C=O) groups excluding carboxylic acids is 2. The van der Waals surface area contributed by atoms with Gasteiger partial charge in [0, 0.05) is 75.3 Å². The number of phenolic OH excluding ortho intramolecular Hbond substituents is 8. The Balaban J connectivity index is 0.832. The number of Topliss-reactive ketones (excluding diaryl/α,β-unsaturated/α-hetero) is 2. The lowest BCUT2D eigenvalue weighted by Crippen LogP contribution is -2.21. The van der Waals surface area contributed by atoms with Crippen LogP contribution in [0, 0.1) is 6.92 Å². The standard InChI is InChI=1S/C66H50O21/c1-27-46(81-4)25-53-56(62(27)75)38(69)19-47(86-53)28-7-11-36(67)32(15-28)34-17-30(9-13-44(34)79-2)49-20-39(70)57-51(84-49)23-42(73)60(63(57)76)61-43(74)24-52-58(64(61)77)40(71)21-50(85-52)31-10-14-45(80-3)35(18-31)33-16-29(8-12-37(33)68)48-22-41(72)59-54(87-48)26-55(82-5)66(83-6)65(59)78/h7-19,22-26,49-50,67-68,73-78H,20-21H2,1-6H3/t49-,50+/m0/s1. The van der Waals surface area contributed by atoms with Crippen LogP contribution in [0.4, 0.5) is 0 Å². The zero-order valence-electron chi connectivity index (χ0n) is 46.8. The van der Waals surface area contributed by atoms with E-state index in [0.29, 0.717) is 50.4 Å². The van der Waals surface area contributed by atoms with E-state index in [1.807, 2.05) is 0 Å². The molecule has 87 heavy (non-hydrogen) atoms. The number of hydrogen-bond donors (Lipinski definition) is 8. The van der Waals surface area contributed by atoms with Crippen LogP contribution >= 0.6 is 0 Å². The smallest absolute Gasteiger partial charge is 0.204 e. The number of rotatable bonds is 12. The minimum Gasteiger partial charge on any atom is -0.507 e. The zero-order chi connectivity index (χ0) is 61.6. The Morgan fingerprint density at radius 3 is 1.25 bits per heavy atom. The summed E-state index contributed by atoms with van der Waals surface area (Å²) < 4.78 is 52.1. The Bertz CT molecular complexity index is 4730. The number of fused-ring (bicyclic) bond motifs is 4. The highest BCUT2D eigenvalue weighted by atomic mass is 16.5. The number of hydrogen-bond acceptors (Lipinski definition) is 21. The third-order valence-corrected chi connectivity index (χ3v) is 15.7. The summed E-state index contributed by atoms with van der Waals surface area (Å²) in [5.74, 6) is -5.18. The molecule has 0 aliphatic carbocycles. The predicted molar refractivity (Wildman–Crippen MR) is 314 cm³/mol. The van der Waals surface area contributed by atoms with Crippen molar-refractivity contribution < 1.29 is 92.4 Å². The lowest BCUT2D eigenvalue weighted by Gasteiger charge is -2.29. The molecule has 8 N–H and O–H groups in total. The number of carbonyl (C=O) groups is 2. The van der Waals surface area contributed by atoms with Crippen LogP contribution in [-0.4, -0.2) is 88.0 Å². The molecular formula is C66H50O21. The molecule has 0 bridgehead atoms. The summed E-state index contributed by atoms with van der Waals surface area (Å²) in [4.78, 5) is 55.2. The molecule has 440 valence electrons. The highest BCUT2D eigenvalue weighted by molar-refractivity contribution is 6.09. The van der Waals surface area contributed by atoms with E-state index in [4.69, 9.17) is 42.0 Å². The highest BCUT2D eigenvalue weighted by Gasteiger charge is 2.39. The molecule has 4 heterocycles. The summed E-state index contributed by atoms with van der Waals surface area (Å²) in [7, 11) is 6.91. The number of benzene rings is 8. The number of methoxy groups -OCH3 is 5. The zero-order valence-corrected chi connectivity index (χ0v) is 46.8. The molecule has 2 atom stereocenters. The van der Waals surface area contributed by atoms with E-state index < -0.39 is 85.6 Å². The normalized spacial score (nSPS) is 14.5. The molecule has 0 radical (unpaired) electrons. The first-order valence-corrected chi connectivity index (χ1v) is 26.6. The Hall–Kier alpha value is -11.5. The molecule has 12 rings (SSSR count). The first kappa shape index (κ1) is 56.0. The van der Waals surface area contributed by atoms with Crippen LogP contribution in [0.5, 0.6) is 86.2 Å². The van der Waals surface area contributed by atoms with Crippen molar-refractivity contribution in [3.8, 4) is 142 Å².